The smallest absolute Gasteiger partial charge is 0.137 e. The second-order valence-corrected chi connectivity index (χ2v) is 5.35. The minimum absolute atomic E-state index is 0. The Morgan fingerprint density at radius 3 is 2.42 bits per heavy atom. The number of rotatable bonds is 3. The summed E-state index contributed by atoms with van der Waals surface area (Å²) in [6, 6.07) is 10.3. The van der Waals surface area contributed by atoms with Crippen LogP contribution in [0.15, 0.2) is 40.8 Å². The van der Waals surface area contributed by atoms with E-state index in [1.54, 1.807) is 24.3 Å². The lowest BCUT2D eigenvalue weighted by atomic mass is 10.1. The first-order chi connectivity index (χ1) is 8.46. The largest absolute Gasteiger partial charge is 0.460 e. The highest BCUT2D eigenvalue weighted by atomic mass is 35.5. The van der Waals surface area contributed by atoms with E-state index >= 15 is 0 Å². The predicted octanol–water partition coefficient (Wildman–Crippen LogP) is 4.40. The van der Waals surface area contributed by atoms with Gasteiger partial charge < -0.3 is 9.73 Å². The molecule has 19 heavy (non-hydrogen) atoms. The maximum atomic E-state index is 13.6. The number of furan rings is 1. The molecule has 0 fully saturated rings. The topological polar surface area (TPSA) is 25.2 Å². The molecule has 1 N–H and O–H groups in total. The van der Waals surface area contributed by atoms with Crippen molar-refractivity contribution in [1.29, 1.82) is 0 Å². The normalized spacial score (nSPS) is 11.2. The lowest BCUT2D eigenvalue weighted by Gasteiger charge is -2.19. The van der Waals surface area contributed by atoms with Crippen LogP contribution in [0.5, 0.6) is 0 Å². The fourth-order valence-electron chi connectivity index (χ4n) is 1.63. The van der Waals surface area contributed by atoms with Gasteiger partial charge in [0.2, 0.25) is 0 Å². The van der Waals surface area contributed by atoms with Gasteiger partial charge in [0.25, 0.3) is 0 Å². The highest BCUT2D eigenvalue weighted by Gasteiger charge is 2.12. The van der Waals surface area contributed by atoms with Crippen LogP contribution in [-0.2, 0) is 6.54 Å². The van der Waals surface area contributed by atoms with Crippen molar-refractivity contribution in [1.82, 2.24) is 5.32 Å². The minimum atomic E-state index is -0.262. The summed E-state index contributed by atoms with van der Waals surface area (Å²) in [6.07, 6.45) is 0. The number of hydrogen-bond acceptors (Lipinski definition) is 2. The maximum absolute atomic E-state index is 13.6. The van der Waals surface area contributed by atoms with Gasteiger partial charge in [-0.25, -0.2) is 4.39 Å². The molecular formula is C15H19ClFNO. The van der Waals surface area contributed by atoms with E-state index in [0.717, 1.165) is 5.76 Å². The Hall–Kier alpha value is -1.32. The Bertz CT molecular complexity index is 531. The Labute approximate surface area is 119 Å². The molecule has 0 saturated heterocycles. The van der Waals surface area contributed by atoms with Crippen LogP contribution in [0.3, 0.4) is 0 Å². The Morgan fingerprint density at radius 2 is 1.79 bits per heavy atom. The molecule has 2 aromatic rings. The van der Waals surface area contributed by atoms with E-state index in [0.29, 0.717) is 17.9 Å². The molecule has 0 amide bonds. The molecule has 0 radical (unpaired) electrons. The quantitative estimate of drug-likeness (QED) is 0.903. The van der Waals surface area contributed by atoms with Gasteiger partial charge in [-0.2, -0.15) is 0 Å². The lowest BCUT2D eigenvalue weighted by Crippen LogP contribution is -2.34. The second kappa shape index (κ2) is 6.22. The summed E-state index contributed by atoms with van der Waals surface area (Å²) in [5.41, 5.74) is 0.532. The van der Waals surface area contributed by atoms with E-state index in [9.17, 15) is 4.39 Å². The van der Waals surface area contributed by atoms with Crippen LogP contribution in [0, 0.1) is 5.82 Å². The Kier molecular flexibility index (Phi) is 5.15. The molecule has 4 heteroatoms. The van der Waals surface area contributed by atoms with Crippen LogP contribution >= 0.6 is 12.4 Å². The van der Waals surface area contributed by atoms with Crippen molar-refractivity contribution in [2.45, 2.75) is 32.9 Å². The lowest BCUT2D eigenvalue weighted by molar-refractivity contribution is 0.390. The third kappa shape index (κ3) is 4.37. The number of halogens is 2. The molecule has 104 valence electrons. The first-order valence-corrected chi connectivity index (χ1v) is 6.04. The monoisotopic (exact) mass is 283 g/mol. The highest BCUT2D eigenvalue weighted by molar-refractivity contribution is 5.85. The molecule has 2 nitrogen and oxygen atoms in total. The van der Waals surface area contributed by atoms with E-state index in [-0.39, 0.29) is 23.8 Å². The van der Waals surface area contributed by atoms with Gasteiger partial charge in [-0.1, -0.05) is 12.1 Å². The average Bonchev–Trinajstić information content (AvgIpc) is 2.75. The van der Waals surface area contributed by atoms with Gasteiger partial charge in [0.05, 0.1) is 12.1 Å². The van der Waals surface area contributed by atoms with Gasteiger partial charge in [0, 0.05) is 5.54 Å². The van der Waals surface area contributed by atoms with Gasteiger partial charge in [-0.05, 0) is 45.0 Å². The van der Waals surface area contributed by atoms with Gasteiger partial charge in [-0.15, -0.1) is 12.4 Å². The van der Waals surface area contributed by atoms with Gasteiger partial charge in [-0.3, -0.25) is 0 Å². The van der Waals surface area contributed by atoms with E-state index < -0.39 is 0 Å². The van der Waals surface area contributed by atoms with Crippen LogP contribution in [0.25, 0.3) is 11.3 Å². The summed E-state index contributed by atoms with van der Waals surface area (Å²) in [5.74, 6) is 1.11. The average molecular weight is 284 g/mol. The van der Waals surface area contributed by atoms with Crippen LogP contribution in [-0.4, -0.2) is 5.54 Å². The van der Waals surface area contributed by atoms with Crippen LogP contribution < -0.4 is 5.32 Å². The number of benzene rings is 1. The Morgan fingerprint density at radius 1 is 1.11 bits per heavy atom. The predicted molar refractivity (Wildman–Crippen MR) is 77.9 cm³/mol. The first-order valence-electron chi connectivity index (χ1n) is 6.04. The summed E-state index contributed by atoms with van der Waals surface area (Å²) in [7, 11) is 0. The van der Waals surface area contributed by atoms with E-state index in [4.69, 9.17) is 4.42 Å². The summed E-state index contributed by atoms with van der Waals surface area (Å²) < 4.78 is 19.2. The van der Waals surface area contributed by atoms with E-state index in [2.05, 4.69) is 26.1 Å². The van der Waals surface area contributed by atoms with Crippen LogP contribution in [0.1, 0.15) is 26.5 Å². The molecule has 0 aliphatic carbocycles. The highest BCUT2D eigenvalue weighted by Crippen LogP contribution is 2.24. The zero-order valence-electron chi connectivity index (χ0n) is 11.4. The van der Waals surface area contributed by atoms with Crippen LogP contribution in [0.4, 0.5) is 4.39 Å². The van der Waals surface area contributed by atoms with Gasteiger partial charge >= 0.3 is 0 Å². The summed E-state index contributed by atoms with van der Waals surface area (Å²) in [4.78, 5) is 0. The molecule has 1 aromatic heterocycles. The summed E-state index contributed by atoms with van der Waals surface area (Å²) in [5, 5.41) is 3.33. The second-order valence-electron chi connectivity index (χ2n) is 5.35. The zero-order valence-corrected chi connectivity index (χ0v) is 12.2. The molecule has 2 rings (SSSR count). The van der Waals surface area contributed by atoms with Gasteiger partial charge in [0.1, 0.15) is 17.3 Å². The Balaban J connectivity index is 0.00000180. The SMILES string of the molecule is CC(C)(C)NCc1ccc(-c2ccccc2F)o1.Cl. The van der Waals surface area contributed by atoms with Crippen molar-refractivity contribution in [2.75, 3.05) is 0 Å². The molecule has 0 spiro atoms. The molecule has 0 unspecified atom stereocenters. The summed E-state index contributed by atoms with van der Waals surface area (Å²) >= 11 is 0. The molecule has 0 bridgehead atoms. The minimum Gasteiger partial charge on any atom is -0.460 e. The van der Waals surface area contributed by atoms with Crippen molar-refractivity contribution in [3.8, 4) is 11.3 Å². The molecule has 0 aliphatic heterocycles. The molecule has 0 aliphatic rings. The first kappa shape index (κ1) is 15.7. The van der Waals surface area contributed by atoms with E-state index in [1.165, 1.54) is 6.07 Å². The van der Waals surface area contributed by atoms with Crippen molar-refractivity contribution >= 4 is 12.4 Å². The van der Waals surface area contributed by atoms with E-state index in [1.807, 2.05) is 6.07 Å². The fraction of sp³-hybridized carbons (Fsp3) is 0.333. The van der Waals surface area contributed by atoms with Crippen LogP contribution in [0.2, 0.25) is 0 Å². The molecule has 0 atom stereocenters. The van der Waals surface area contributed by atoms with Crippen molar-refractivity contribution in [3.05, 3.63) is 48.0 Å². The van der Waals surface area contributed by atoms with Crippen molar-refractivity contribution < 1.29 is 8.81 Å². The standard InChI is InChI=1S/C15H18FNO.ClH/c1-15(2,3)17-10-11-8-9-14(18-11)12-6-4-5-7-13(12)16;/h4-9,17H,10H2,1-3H3;1H. The van der Waals surface area contributed by atoms with Crippen molar-refractivity contribution in [3.63, 3.8) is 0 Å². The number of hydrogen-bond donors (Lipinski definition) is 1. The molecule has 1 aromatic carbocycles. The third-order valence-corrected chi connectivity index (χ3v) is 2.59. The van der Waals surface area contributed by atoms with Gasteiger partial charge in [0.15, 0.2) is 0 Å². The third-order valence-electron chi connectivity index (χ3n) is 2.59. The molecule has 1 heterocycles. The molecule has 0 saturated carbocycles. The number of nitrogens with one attached hydrogen (secondary N) is 1. The zero-order chi connectivity index (χ0) is 13.2. The maximum Gasteiger partial charge on any atom is 0.137 e. The summed E-state index contributed by atoms with van der Waals surface area (Å²) in [6.45, 7) is 6.91. The van der Waals surface area contributed by atoms with Crippen molar-refractivity contribution in [2.24, 2.45) is 0 Å². The fourth-order valence-corrected chi connectivity index (χ4v) is 1.63. The molecular weight excluding hydrogens is 265 g/mol.